The van der Waals surface area contributed by atoms with Crippen molar-refractivity contribution in [3.05, 3.63) is 69.6 Å². The van der Waals surface area contributed by atoms with Gasteiger partial charge >= 0.3 is 0 Å². The van der Waals surface area contributed by atoms with E-state index in [1.54, 1.807) is 0 Å². The van der Waals surface area contributed by atoms with Gasteiger partial charge in [-0.05, 0) is 80.0 Å². The Balaban J connectivity index is 1.52. The Morgan fingerprint density at radius 3 is 2.62 bits per heavy atom. The molecule has 0 radical (unpaired) electrons. The highest BCUT2D eigenvalue weighted by Crippen LogP contribution is 2.27. The van der Waals surface area contributed by atoms with Crippen LogP contribution in [0, 0.1) is 13.8 Å². The third kappa shape index (κ3) is 3.42. The first-order chi connectivity index (χ1) is 12.6. The number of carbonyl (C=O) groups excluding carboxylic acids is 1. The Morgan fingerprint density at radius 1 is 1.00 bits per heavy atom. The van der Waals surface area contributed by atoms with Crippen molar-refractivity contribution in [3.63, 3.8) is 0 Å². The van der Waals surface area contributed by atoms with Crippen LogP contribution >= 0.6 is 11.3 Å². The summed E-state index contributed by atoms with van der Waals surface area (Å²) in [5.74, 6) is -0.0839. The number of rotatable bonds is 3. The van der Waals surface area contributed by atoms with Crippen molar-refractivity contribution >= 4 is 22.4 Å². The highest BCUT2D eigenvalue weighted by molar-refractivity contribution is 7.14. The molecule has 1 aromatic heterocycles. The molecule has 3 nitrogen and oxygen atoms in total. The van der Waals surface area contributed by atoms with E-state index in [0.717, 1.165) is 24.1 Å². The van der Waals surface area contributed by atoms with Crippen LogP contribution < -0.4 is 5.32 Å². The van der Waals surface area contributed by atoms with Crippen LogP contribution in [0.2, 0.25) is 0 Å². The number of nitrogens with zero attached hydrogens (tertiary/aromatic N) is 1. The molecule has 0 fully saturated rings. The quantitative estimate of drug-likeness (QED) is 0.663. The van der Waals surface area contributed by atoms with Crippen molar-refractivity contribution in [1.29, 1.82) is 0 Å². The number of anilines is 1. The zero-order valence-electron chi connectivity index (χ0n) is 15.1. The zero-order chi connectivity index (χ0) is 18.1. The molecule has 0 saturated carbocycles. The van der Waals surface area contributed by atoms with Gasteiger partial charge in [-0.1, -0.05) is 18.2 Å². The van der Waals surface area contributed by atoms with Crippen LogP contribution in [0.25, 0.3) is 11.3 Å². The molecule has 1 aliphatic carbocycles. The van der Waals surface area contributed by atoms with Gasteiger partial charge in [-0.25, -0.2) is 4.98 Å². The van der Waals surface area contributed by atoms with Crippen LogP contribution in [0.15, 0.2) is 41.8 Å². The summed E-state index contributed by atoms with van der Waals surface area (Å²) in [6, 6.07) is 12.4. The Morgan fingerprint density at radius 2 is 1.81 bits per heavy atom. The molecule has 3 aromatic rings. The summed E-state index contributed by atoms with van der Waals surface area (Å²) in [7, 11) is 0. The third-order valence-electron chi connectivity index (χ3n) is 5.14. The van der Waals surface area contributed by atoms with Crippen molar-refractivity contribution in [1.82, 2.24) is 4.98 Å². The Hall–Kier alpha value is -2.46. The van der Waals surface area contributed by atoms with Crippen LogP contribution in [0.4, 0.5) is 5.13 Å². The van der Waals surface area contributed by atoms with Gasteiger partial charge in [0.2, 0.25) is 0 Å². The minimum atomic E-state index is -0.0839. The first kappa shape index (κ1) is 17.0. The maximum Gasteiger partial charge on any atom is 0.257 e. The lowest BCUT2D eigenvalue weighted by Crippen LogP contribution is -2.13. The minimum Gasteiger partial charge on any atom is -0.298 e. The van der Waals surface area contributed by atoms with Crippen LogP contribution in [0.1, 0.15) is 45.5 Å². The lowest BCUT2D eigenvalue weighted by atomic mass is 9.90. The van der Waals surface area contributed by atoms with Gasteiger partial charge in [0, 0.05) is 16.5 Å². The smallest absolute Gasteiger partial charge is 0.257 e. The summed E-state index contributed by atoms with van der Waals surface area (Å²) >= 11 is 1.46. The molecule has 26 heavy (non-hydrogen) atoms. The van der Waals surface area contributed by atoms with E-state index in [2.05, 4.69) is 48.4 Å². The molecule has 0 spiro atoms. The number of thiazole rings is 1. The first-order valence-corrected chi connectivity index (χ1v) is 9.94. The standard InChI is InChI=1S/C22H22N2OS/c1-14-7-8-18(11-15(14)2)20-13-26-22(23-20)24-21(25)19-10-9-16-5-3-4-6-17(16)12-19/h7-13H,3-6H2,1-2H3,(H,23,24,25). The summed E-state index contributed by atoms with van der Waals surface area (Å²) in [6.45, 7) is 4.20. The normalized spacial score (nSPS) is 13.3. The Kier molecular flexibility index (Phi) is 4.60. The van der Waals surface area contributed by atoms with Crippen molar-refractivity contribution in [2.45, 2.75) is 39.5 Å². The predicted molar refractivity (Wildman–Crippen MR) is 108 cm³/mol. The van der Waals surface area contributed by atoms with E-state index in [9.17, 15) is 4.79 Å². The van der Waals surface area contributed by atoms with Gasteiger partial charge in [-0.15, -0.1) is 11.3 Å². The van der Waals surface area contributed by atoms with Crippen LogP contribution in [-0.2, 0) is 12.8 Å². The highest BCUT2D eigenvalue weighted by Gasteiger charge is 2.14. The zero-order valence-corrected chi connectivity index (χ0v) is 16.0. The molecular weight excluding hydrogens is 340 g/mol. The lowest BCUT2D eigenvalue weighted by Gasteiger charge is -2.16. The fourth-order valence-electron chi connectivity index (χ4n) is 3.41. The number of nitrogens with one attached hydrogen (secondary N) is 1. The molecule has 1 aliphatic rings. The van der Waals surface area contributed by atoms with Crippen molar-refractivity contribution < 1.29 is 4.79 Å². The summed E-state index contributed by atoms with van der Waals surface area (Å²) in [5.41, 5.74) is 7.92. The topological polar surface area (TPSA) is 42.0 Å². The fraction of sp³-hybridized carbons (Fsp3) is 0.273. The summed E-state index contributed by atoms with van der Waals surface area (Å²) < 4.78 is 0. The van der Waals surface area contributed by atoms with Gasteiger partial charge in [0.25, 0.3) is 5.91 Å². The number of hydrogen-bond donors (Lipinski definition) is 1. The predicted octanol–water partition coefficient (Wildman–Crippen LogP) is 5.56. The Bertz CT molecular complexity index is 974. The summed E-state index contributed by atoms with van der Waals surface area (Å²) in [5, 5.41) is 5.58. The molecule has 1 N–H and O–H groups in total. The second-order valence-electron chi connectivity index (χ2n) is 6.98. The molecule has 0 aliphatic heterocycles. The average molecular weight is 362 g/mol. The monoisotopic (exact) mass is 362 g/mol. The van der Waals surface area contributed by atoms with Gasteiger partial charge in [-0.3, -0.25) is 10.1 Å². The van der Waals surface area contributed by atoms with Gasteiger partial charge in [0.05, 0.1) is 5.69 Å². The van der Waals surface area contributed by atoms with E-state index < -0.39 is 0 Å². The molecule has 0 atom stereocenters. The molecule has 132 valence electrons. The van der Waals surface area contributed by atoms with Gasteiger partial charge in [-0.2, -0.15) is 0 Å². The number of fused-ring (bicyclic) bond motifs is 1. The van der Waals surface area contributed by atoms with E-state index in [4.69, 9.17) is 0 Å². The molecule has 0 saturated heterocycles. The largest absolute Gasteiger partial charge is 0.298 e. The molecule has 0 unspecified atom stereocenters. The molecule has 4 heteroatoms. The second-order valence-corrected chi connectivity index (χ2v) is 7.84. The van der Waals surface area contributed by atoms with E-state index in [1.807, 2.05) is 17.5 Å². The number of aryl methyl sites for hydroxylation is 4. The number of carbonyl (C=O) groups is 1. The van der Waals surface area contributed by atoms with E-state index >= 15 is 0 Å². The van der Waals surface area contributed by atoms with Gasteiger partial charge in [0.15, 0.2) is 5.13 Å². The number of hydrogen-bond acceptors (Lipinski definition) is 3. The SMILES string of the molecule is Cc1ccc(-c2csc(NC(=O)c3ccc4c(c3)CCCC4)n2)cc1C. The molecule has 4 rings (SSSR count). The Labute approximate surface area is 158 Å². The van der Waals surface area contributed by atoms with Gasteiger partial charge in [0.1, 0.15) is 0 Å². The summed E-state index contributed by atoms with van der Waals surface area (Å²) in [6.07, 6.45) is 4.66. The molecule has 1 amide bonds. The van der Waals surface area contributed by atoms with Crippen molar-refractivity contribution in [2.24, 2.45) is 0 Å². The van der Waals surface area contributed by atoms with Crippen LogP contribution in [0.5, 0.6) is 0 Å². The summed E-state index contributed by atoms with van der Waals surface area (Å²) in [4.78, 5) is 17.2. The second kappa shape index (κ2) is 7.04. The third-order valence-corrected chi connectivity index (χ3v) is 5.90. The molecule has 2 aromatic carbocycles. The van der Waals surface area contributed by atoms with Crippen LogP contribution in [-0.4, -0.2) is 10.9 Å². The molecular formula is C22H22N2OS. The maximum atomic E-state index is 12.6. The lowest BCUT2D eigenvalue weighted by molar-refractivity contribution is 0.102. The molecule has 0 bridgehead atoms. The first-order valence-electron chi connectivity index (χ1n) is 9.06. The average Bonchev–Trinajstić information content (AvgIpc) is 3.12. The van der Waals surface area contributed by atoms with Crippen LogP contribution in [0.3, 0.4) is 0 Å². The van der Waals surface area contributed by atoms with Crippen molar-refractivity contribution in [3.8, 4) is 11.3 Å². The fourth-order valence-corrected chi connectivity index (χ4v) is 4.12. The van der Waals surface area contributed by atoms with E-state index in [-0.39, 0.29) is 5.91 Å². The number of benzene rings is 2. The van der Waals surface area contributed by atoms with E-state index in [0.29, 0.717) is 10.7 Å². The van der Waals surface area contributed by atoms with Crippen molar-refractivity contribution in [2.75, 3.05) is 5.32 Å². The van der Waals surface area contributed by atoms with Gasteiger partial charge < -0.3 is 0 Å². The number of aromatic nitrogens is 1. The number of amides is 1. The maximum absolute atomic E-state index is 12.6. The van der Waals surface area contributed by atoms with E-state index in [1.165, 1.54) is 46.4 Å². The molecule has 1 heterocycles. The minimum absolute atomic E-state index is 0.0839. The highest BCUT2D eigenvalue weighted by atomic mass is 32.1.